The third-order valence-electron chi connectivity index (χ3n) is 4.66. The highest BCUT2D eigenvalue weighted by molar-refractivity contribution is 7.87. The fraction of sp³-hybridized carbons (Fsp3) is 0.818. The molecule has 2 aliphatic carbocycles. The summed E-state index contributed by atoms with van der Waals surface area (Å²) in [5.74, 6) is -3.34. The van der Waals surface area contributed by atoms with Gasteiger partial charge in [0.1, 0.15) is 12.2 Å². The van der Waals surface area contributed by atoms with E-state index in [1.165, 1.54) is 0 Å². The van der Waals surface area contributed by atoms with Crippen molar-refractivity contribution in [1.29, 1.82) is 0 Å². The summed E-state index contributed by atoms with van der Waals surface area (Å²) in [7, 11) is -5.92. The van der Waals surface area contributed by atoms with Crippen molar-refractivity contribution in [3.05, 3.63) is 0 Å². The summed E-state index contributed by atoms with van der Waals surface area (Å²) in [6, 6.07) is 0. The molecule has 3 fully saturated rings. The van der Waals surface area contributed by atoms with E-state index in [0.29, 0.717) is 12.8 Å². The first kappa shape index (κ1) is 14.6. The lowest BCUT2D eigenvalue weighted by molar-refractivity contribution is -0.180. The highest BCUT2D eigenvalue weighted by Crippen LogP contribution is 2.62. The van der Waals surface area contributed by atoms with Gasteiger partial charge in [0.05, 0.1) is 5.92 Å². The van der Waals surface area contributed by atoms with Gasteiger partial charge in [0.25, 0.3) is 0 Å². The Labute approximate surface area is 118 Å². The van der Waals surface area contributed by atoms with Crippen LogP contribution >= 0.6 is 0 Å². The number of rotatable bonds is 3. The third-order valence-corrected chi connectivity index (χ3v) is 5.48. The van der Waals surface area contributed by atoms with Crippen molar-refractivity contribution >= 4 is 22.1 Å². The average Bonchev–Trinajstić information content (AvgIpc) is 2.87. The zero-order chi connectivity index (χ0) is 15.8. The van der Waals surface area contributed by atoms with E-state index in [9.17, 15) is 26.8 Å². The van der Waals surface area contributed by atoms with E-state index in [2.05, 4.69) is 4.74 Å². The molecule has 1 N–H and O–H groups in total. The van der Waals surface area contributed by atoms with Crippen molar-refractivity contribution in [2.24, 2.45) is 17.3 Å². The van der Waals surface area contributed by atoms with Gasteiger partial charge in [-0.2, -0.15) is 17.2 Å². The molecule has 10 heteroatoms. The van der Waals surface area contributed by atoms with Crippen LogP contribution in [-0.4, -0.2) is 42.4 Å². The molecule has 2 bridgehead atoms. The average molecular weight is 326 g/mol. The second kappa shape index (κ2) is 3.92. The number of carbonyl (C=O) groups excluding carboxylic acids is 2. The first-order valence-corrected chi connectivity index (χ1v) is 7.68. The van der Waals surface area contributed by atoms with Crippen LogP contribution < -0.4 is 0 Å². The van der Waals surface area contributed by atoms with Gasteiger partial charge >= 0.3 is 27.3 Å². The Hall–Kier alpha value is -1.29. The zero-order valence-corrected chi connectivity index (χ0v) is 11.6. The lowest BCUT2D eigenvalue weighted by atomic mass is 9.79. The van der Waals surface area contributed by atoms with Gasteiger partial charge in [-0.25, -0.2) is 4.79 Å². The standard InChI is InChI=1S/C11H12F2O7S/c1-10-2-4-5(3-10)8(14)19-6(4)7(10)20-9(15)11(12,13)21(16,17)18/h4-7H,2-3H2,1H3,(H,16,17,18). The summed E-state index contributed by atoms with van der Waals surface area (Å²) in [6.07, 6.45) is -1.15. The predicted octanol–water partition coefficient (Wildman–Crippen LogP) is 0.350. The van der Waals surface area contributed by atoms with E-state index < -0.39 is 44.9 Å². The molecule has 118 valence electrons. The molecule has 7 nitrogen and oxygen atoms in total. The van der Waals surface area contributed by atoms with E-state index >= 15 is 0 Å². The van der Waals surface area contributed by atoms with Crippen LogP contribution in [-0.2, 0) is 29.2 Å². The summed E-state index contributed by atoms with van der Waals surface area (Å²) in [4.78, 5) is 23.0. The first-order valence-electron chi connectivity index (χ1n) is 6.24. The molecule has 0 aromatic carbocycles. The second-order valence-electron chi connectivity index (χ2n) is 6.05. The lowest BCUT2D eigenvalue weighted by Gasteiger charge is -2.33. The number of hydrogen-bond donors (Lipinski definition) is 1. The summed E-state index contributed by atoms with van der Waals surface area (Å²) in [5.41, 5.74) is -0.711. The third kappa shape index (κ3) is 1.81. The van der Waals surface area contributed by atoms with Crippen LogP contribution in [0.2, 0.25) is 0 Å². The zero-order valence-electron chi connectivity index (χ0n) is 10.8. The highest BCUT2D eigenvalue weighted by Gasteiger charge is 2.69. The molecule has 5 atom stereocenters. The minimum Gasteiger partial charge on any atom is -0.458 e. The molecule has 3 aliphatic rings. The molecular formula is C11H12F2O7S. The Morgan fingerprint density at radius 1 is 1.48 bits per heavy atom. The quantitative estimate of drug-likeness (QED) is 0.589. The number of ether oxygens (including phenoxy) is 2. The van der Waals surface area contributed by atoms with Crippen LogP contribution in [0.5, 0.6) is 0 Å². The van der Waals surface area contributed by atoms with E-state index in [4.69, 9.17) is 9.29 Å². The van der Waals surface area contributed by atoms with Gasteiger partial charge in [-0.05, 0) is 12.8 Å². The van der Waals surface area contributed by atoms with Gasteiger partial charge in [0.15, 0.2) is 0 Å². The molecule has 1 aliphatic heterocycles. The highest BCUT2D eigenvalue weighted by atomic mass is 32.2. The van der Waals surface area contributed by atoms with Gasteiger partial charge in [-0.1, -0.05) is 6.92 Å². The molecule has 1 saturated heterocycles. The molecule has 0 aromatic heterocycles. The van der Waals surface area contributed by atoms with Crippen molar-refractivity contribution in [2.75, 3.05) is 0 Å². The number of carbonyl (C=O) groups is 2. The maximum atomic E-state index is 13.2. The molecule has 5 unspecified atom stereocenters. The van der Waals surface area contributed by atoms with Crippen LogP contribution in [0.15, 0.2) is 0 Å². The minimum absolute atomic E-state index is 0.209. The maximum absolute atomic E-state index is 13.2. The number of hydrogen-bond acceptors (Lipinski definition) is 6. The molecule has 1 heterocycles. The lowest BCUT2D eigenvalue weighted by Crippen LogP contribution is -2.47. The number of fused-ring (bicyclic) bond motifs is 1. The molecule has 0 aromatic rings. The van der Waals surface area contributed by atoms with Gasteiger partial charge < -0.3 is 9.47 Å². The number of alkyl halides is 2. The van der Waals surface area contributed by atoms with Crippen molar-refractivity contribution in [3.8, 4) is 0 Å². The van der Waals surface area contributed by atoms with E-state index in [0.717, 1.165) is 0 Å². The molecule has 0 radical (unpaired) electrons. The largest absolute Gasteiger partial charge is 0.465 e. The normalized spacial score (nSPS) is 41.2. The van der Waals surface area contributed by atoms with Crippen LogP contribution in [0.3, 0.4) is 0 Å². The second-order valence-corrected chi connectivity index (χ2v) is 7.51. The molecule has 0 spiro atoms. The monoisotopic (exact) mass is 326 g/mol. The predicted molar refractivity (Wildman–Crippen MR) is 60.6 cm³/mol. The van der Waals surface area contributed by atoms with Gasteiger partial charge in [-0.15, -0.1) is 0 Å². The Kier molecular flexibility index (Phi) is 2.73. The van der Waals surface area contributed by atoms with Gasteiger partial charge in [-0.3, -0.25) is 9.35 Å². The van der Waals surface area contributed by atoms with Crippen molar-refractivity contribution in [1.82, 2.24) is 0 Å². The summed E-state index contributed by atoms with van der Waals surface area (Å²) in [6.45, 7) is 1.67. The smallest absolute Gasteiger partial charge is 0.458 e. The van der Waals surface area contributed by atoms with E-state index in [1.807, 2.05) is 0 Å². The molecular weight excluding hydrogens is 314 g/mol. The fourth-order valence-corrected chi connectivity index (χ4v) is 4.00. The Balaban J connectivity index is 1.84. The van der Waals surface area contributed by atoms with Crippen molar-refractivity contribution in [3.63, 3.8) is 0 Å². The van der Waals surface area contributed by atoms with E-state index in [-0.39, 0.29) is 11.8 Å². The Morgan fingerprint density at radius 2 is 2.10 bits per heavy atom. The number of esters is 2. The maximum Gasteiger partial charge on any atom is 0.465 e. The minimum atomic E-state index is -5.92. The first-order chi connectivity index (χ1) is 9.47. The van der Waals surface area contributed by atoms with Crippen LogP contribution in [0.25, 0.3) is 0 Å². The van der Waals surface area contributed by atoms with Crippen LogP contribution in [0, 0.1) is 17.3 Å². The molecule has 21 heavy (non-hydrogen) atoms. The van der Waals surface area contributed by atoms with Crippen molar-refractivity contribution < 1.29 is 40.8 Å². The Bertz CT molecular complexity index is 630. The summed E-state index contributed by atoms with van der Waals surface area (Å²) >= 11 is 0. The SMILES string of the molecule is CC12CC3C(=O)OC(C3C1)C2OC(=O)C(F)(F)S(=O)(=O)O. The fourth-order valence-electron chi connectivity index (χ4n) is 3.74. The Morgan fingerprint density at radius 3 is 2.67 bits per heavy atom. The molecule has 0 amide bonds. The number of halogens is 2. The topological polar surface area (TPSA) is 107 Å². The van der Waals surface area contributed by atoms with Gasteiger partial charge in [0, 0.05) is 11.3 Å². The van der Waals surface area contributed by atoms with Crippen LogP contribution in [0.4, 0.5) is 8.78 Å². The van der Waals surface area contributed by atoms with E-state index in [1.54, 1.807) is 6.92 Å². The van der Waals surface area contributed by atoms with Crippen LogP contribution in [0.1, 0.15) is 19.8 Å². The van der Waals surface area contributed by atoms with Crippen molar-refractivity contribution in [2.45, 2.75) is 37.2 Å². The molecule has 2 saturated carbocycles. The summed E-state index contributed by atoms with van der Waals surface area (Å²) in [5, 5.41) is -5.05. The molecule has 3 rings (SSSR count). The van der Waals surface area contributed by atoms with Gasteiger partial charge in [0.2, 0.25) is 0 Å². The summed E-state index contributed by atoms with van der Waals surface area (Å²) < 4.78 is 65.6.